The summed E-state index contributed by atoms with van der Waals surface area (Å²) in [5.41, 5.74) is 0. The lowest BCUT2D eigenvalue weighted by atomic mass is 10.00. The number of unbranched alkanes of at least 4 members (excludes halogenated alkanes) is 24. The van der Waals surface area contributed by atoms with E-state index in [1.54, 1.807) is 0 Å². The fraction of sp³-hybridized carbons (Fsp3) is 0.930. The third-order valence-corrected chi connectivity index (χ3v) is 9.90. The number of ether oxygens (including phenoxy) is 3. The fourth-order valence-electron chi connectivity index (χ4n) is 6.24. The van der Waals surface area contributed by atoms with Crippen molar-refractivity contribution in [3.63, 3.8) is 0 Å². The minimum Gasteiger partial charge on any atom is -0.462 e. The van der Waals surface area contributed by atoms with Crippen LogP contribution in [-0.2, 0) is 28.6 Å². The second-order valence-electron chi connectivity index (χ2n) is 14.9. The summed E-state index contributed by atoms with van der Waals surface area (Å²) in [6.07, 6.45) is 35.1. The minimum absolute atomic E-state index is 0.0650. The first-order valence-electron chi connectivity index (χ1n) is 21.4. The van der Waals surface area contributed by atoms with Gasteiger partial charge in [0.15, 0.2) is 6.10 Å². The molecule has 290 valence electrons. The second-order valence-corrected chi connectivity index (χ2v) is 14.9. The zero-order valence-corrected chi connectivity index (χ0v) is 33.1. The van der Waals surface area contributed by atoms with E-state index in [0.717, 1.165) is 63.7 Å². The quantitative estimate of drug-likeness (QED) is 0.0364. The number of hydrogen-bond acceptors (Lipinski definition) is 6. The first-order valence-corrected chi connectivity index (χ1v) is 21.4. The first kappa shape index (κ1) is 47.4. The van der Waals surface area contributed by atoms with Crippen LogP contribution in [0.2, 0.25) is 0 Å². The van der Waals surface area contributed by atoms with E-state index in [1.807, 2.05) is 0 Å². The standard InChI is InChI=1S/C43H82O6/c1-5-8-10-12-14-16-17-18-20-21-26-30-34-41(44)47-37-40(49-43(46)36-32-28-22-19-15-13-11-9-6-2)38-48-42(45)35-31-27-24-23-25-29-33-39(4)7-3/h39-40H,5-38H2,1-4H3/t39?,40-/m1/s1. The normalized spacial score (nSPS) is 12.5. The SMILES string of the molecule is CCCCCCCCCCCCCCC(=O)OC[C@H](COC(=O)CCCCCCCCC(C)CC)OC(=O)CCCCCCCCCCC. The predicted molar refractivity (Wildman–Crippen MR) is 206 cm³/mol. The molecule has 0 aliphatic rings. The molecular weight excluding hydrogens is 612 g/mol. The monoisotopic (exact) mass is 695 g/mol. The fourth-order valence-corrected chi connectivity index (χ4v) is 6.24. The van der Waals surface area contributed by atoms with Crippen LogP contribution in [0.25, 0.3) is 0 Å². The molecule has 0 fully saturated rings. The van der Waals surface area contributed by atoms with Crippen LogP contribution >= 0.6 is 0 Å². The Balaban J connectivity index is 4.33. The minimum atomic E-state index is -0.758. The van der Waals surface area contributed by atoms with Crippen molar-refractivity contribution >= 4 is 17.9 Å². The van der Waals surface area contributed by atoms with Gasteiger partial charge in [-0.2, -0.15) is 0 Å². The Morgan fingerprint density at radius 3 is 1.06 bits per heavy atom. The maximum absolute atomic E-state index is 12.6. The van der Waals surface area contributed by atoms with E-state index in [-0.39, 0.29) is 31.1 Å². The van der Waals surface area contributed by atoms with Crippen molar-refractivity contribution in [2.24, 2.45) is 5.92 Å². The van der Waals surface area contributed by atoms with Crippen LogP contribution in [0.3, 0.4) is 0 Å². The van der Waals surface area contributed by atoms with Gasteiger partial charge in [-0.15, -0.1) is 0 Å². The third-order valence-electron chi connectivity index (χ3n) is 9.90. The van der Waals surface area contributed by atoms with Crippen molar-refractivity contribution in [1.82, 2.24) is 0 Å². The van der Waals surface area contributed by atoms with Gasteiger partial charge in [0.1, 0.15) is 13.2 Å². The molecule has 0 saturated heterocycles. The predicted octanol–water partition coefficient (Wildman–Crippen LogP) is 13.2. The summed E-state index contributed by atoms with van der Waals surface area (Å²) in [6.45, 7) is 8.93. The van der Waals surface area contributed by atoms with Gasteiger partial charge in [-0.1, -0.05) is 195 Å². The maximum Gasteiger partial charge on any atom is 0.306 e. The average Bonchev–Trinajstić information content (AvgIpc) is 3.10. The lowest BCUT2D eigenvalue weighted by Crippen LogP contribution is -2.30. The molecule has 0 heterocycles. The summed E-state index contributed by atoms with van der Waals surface area (Å²) < 4.78 is 16.6. The van der Waals surface area contributed by atoms with Crippen LogP contribution in [0.5, 0.6) is 0 Å². The molecule has 0 spiro atoms. The molecule has 0 aromatic carbocycles. The molecule has 0 radical (unpaired) electrons. The summed E-state index contributed by atoms with van der Waals surface area (Å²) >= 11 is 0. The second kappa shape index (κ2) is 37.7. The van der Waals surface area contributed by atoms with Crippen LogP contribution in [0.4, 0.5) is 0 Å². The van der Waals surface area contributed by atoms with Gasteiger partial charge in [0.2, 0.25) is 0 Å². The number of carbonyl (C=O) groups is 3. The van der Waals surface area contributed by atoms with Crippen LogP contribution < -0.4 is 0 Å². The van der Waals surface area contributed by atoms with Gasteiger partial charge in [-0.05, 0) is 25.2 Å². The molecule has 49 heavy (non-hydrogen) atoms. The van der Waals surface area contributed by atoms with Crippen LogP contribution in [0.1, 0.15) is 233 Å². The van der Waals surface area contributed by atoms with Crippen molar-refractivity contribution in [3.8, 4) is 0 Å². The Labute approximate surface area is 304 Å². The van der Waals surface area contributed by atoms with Crippen molar-refractivity contribution in [3.05, 3.63) is 0 Å². The highest BCUT2D eigenvalue weighted by atomic mass is 16.6. The van der Waals surface area contributed by atoms with E-state index in [9.17, 15) is 14.4 Å². The summed E-state index contributed by atoms with van der Waals surface area (Å²) in [7, 11) is 0. The van der Waals surface area contributed by atoms with Gasteiger partial charge in [-0.3, -0.25) is 14.4 Å². The molecular formula is C43H82O6. The molecule has 0 saturated carbocycles. The van der Waals surface area contributed by atoms with Crippen LogP contribution in [0.15, 0.2) is 0 Å². The van der Waals surface area contributed by atoms with Gasteiger partial charge in [0, 0.05) is 19.3 Å². The highest BCUT2D eigenvalue weighted by molar-refractivity contribution is 5.71. The van der Waals surface area contributed by atoms with E-state index in [4.69, 9.17) is 14.2 Å². The zero-order chi connectivity index (χ0) is 36.0. The number of esters is 3. The molecule has 0 aromatic heterocycles. The zero-order valence-electron chi connectivity index (χ0n) is 33.1. The van der Waals surface area contributed by atoms with Crippen molar-refractivity contribution in [1.29, 1.82) is 0 Å². The lowest BCUT2D eigenvalue weighted by Gasteiger charge is -2.18. The Morgan fingerprint density at radius 1 is 0.408 bits per heavy atom. The highest BCUT2D eigenvalue weighted by Crippen LogP contribution is 2.16. The summed E-state index contributed by atoms with van der Waals surface area (Å²) in [4.78, 5) is 37.5. The van der Waals surface area contributed by atoms with E-state index in [1.165, 1.54) is 128 Å². The molecule has 0 amide bonds. The van der Waals surface area contributed by atoms with Crippen molar-refractivity contribution in [2.75, 3.05) is 13.2 Å². The molecule has 6 nitrogen and oxygen atoms in total. The van der Waals surface area contributed by atoms with Gasteiger partial charge >= 0.3 is 17.9 Å². The van der Waals surface area contributed by atoms with E-state index in [2.05, 4.69) is 27.7 Å². The largest absolute Gasteiger partial charge is 0.462 e. The van der Waals surface area contributed by atoms with E-state index < -0.39 is 6.10 Å². The molecule has 0 bridgehead atoms. The first-order chi connectivity index (χ1) is 23.9. The molecule has 6 heteroatoms. The summed E-state index contributed by atoms with van der Waals surface area (Å²) in [5.74, 6) is -0.0491. The molecule has 2 atom stereocenters. The van der Waals surface area contributed by atoms with Gasteiger partial charge in [-0.25, -0.2) is 0 Å². The number of carbonyl (C=O) groups excluding carboxylic acids is 3. The van der Waals surface area contributed by atoms with Gasteiger partial charge < -0.3 is 14.2 Å². The molecule has 1 unspecified atom stereocenters. The van der Waals surface area contributed by atoms with E-state index in [0.29, 0.717) is 19.3 Å². The van der Waals surface area contributed by atoms with Crippen LogP contribution in [-0.4, -0.2) is 37.2 Å². The Kier molecular flexibility index (Phi) is 36.4. The maximum atomic E-state index is 12.6. The molecule has 0 N–H and O–H groups in total. The van der Waals surface area contributed by atoms with Crippen LogP contribution in [0, 0.1) is 5.92 Å². The molecule has 0 aliphatic carbocycles. The molecule has 0 aliphatic heterocycles. The van der Waals surface area contributed by atoms with Gasteiger partial charge in [0.25, 0.3) is 0 Å². The topological polar surface area (TPSA) is 78.9 Å². The average molecular weight is 695 g/mol. The lowest BCUT2D eigenvalue weighted by molar-refractivity contribution is -0.167. The number of rotatable bonds is 38. The third kappa shape index (κ3) is 36.0. The van der Waals surface area contributed by atoms with Crippen molar-refractivity contribution < 1.29 is 28.6 Å². The van der Waals surface area contributed by atoms with E-state index >= 15 is 0 Å². The van der Waals surface area contributed by atoms with Crippen molar-refractivity contribution in [2.45, 2.75) is 239 Å². The summed E-state index contributed by atoms with van der Waals surface area (Å²) in [6, 6.07) is 0. The molecule has 0 rings (SSSR count). The Morgan fingerprint density at radius 2 is 0.714 bits per heavy atom. The van der Waals surface area contributed by atoms with Gasteiger partial charge in [0.05, 0.1) is 0 Å². The highest BCUT2D eigenvalue weighted by Gasteiger charge is 2.19. The summed E-state index contributed by atoms with van der Waals surface area (Å²) in [5, 5.41) is 0. The molecule has 0 aromatic rings. The Bertz CT molecular complexity index is 738. The number of hydrogen-bond donors (Lipinski definition) is 0. The smallest absolute Gasteiger partial charge is 0.306 e. The Hall–Kier alpha value is -1.59.